The van der Waals surface area contributed by atoms with E-state index in [0.717, 1.165) is 0 Å². The smallest absolute Gasteiger partial charge is 0.147 e. The van der Waals surface area contributed by atoms with E-state index in [2.05, 4.69) is 31.2 Å². The fourth-order valence-electron chi connectivity index (χ4n) is 0.573. The summed E-state index contributed by atoms with van der Waals surface area (Å²) in [6.45, 7) is 0. The normalized spacial score (nSPS) is 9.40. The summed E-state index contributed by atoms with van der Waals surface area (Å²) < 4.78 is 0.643. The van der Waals surface area contributed by atoms with Crippen molar-refractivity contribution in [3.8, 4) is 0 Å². The van der Waals surface area contributed by atoms with Crippen molar-refractivity contribution in [2.75, 3.05) is 12.4 Å². The van der Waals surface area contributed by atoms with Gasteiger partial charge in [0.15, 0.2) is 0 Å². The first kappa shape index (κ1) is 7.53. The molecule has 0 fully saturated rings. The van der Waals surface area contributed by atoms with Crippen molar-refractivity contribution in [3.63, 3.8) is 0 Å². The zero-order chi connectivity index (χ0) is 7.56. The van der Waals surface area contributed by atoms with E-state index in [-0.39, 0.29) is 0 Å². The third-order valence-corrected chi connectivity index (χ3v) is 1.39. The van der Waals surface area contributed by atoms with E-state index < -0.39 is 0 Å². The van der Waals surface area contributed by atoms with Crippen molar-refractivity contribution in [1.29, 1.82) is 0 Å². The van der Waals surface area contributed by atoms with Crippen LogP contribution in [0.3, 0.4) is 0 Å². The van der Waals surface area contributed by atoms with Crippen LogP contribution in [0.15, 0.2) is 10.8 Å². The monoisotopic (exact) mass is 197 g/mol. The molecule has 0 amide bonds. The van der Waals surface area contributed by atoms with Gasteiger partial charge in [0.2, 0.25) is 0 Å². The summed E-state index contributed by atoms with van der Waals surface area (Å²) in [4.78, 5) is 7.86. The van der Waals surface area contributed by atoms with Gasteiger partial charge in [-0.15, -0.1) is 0 Å². The van der Waals surface area contributed by atoms with Gasteiger partial charge in [0.05, 0.1) is 6.20 Å². The van der Waals surface area contributed by atoms with E-state index in [9.17, 15) is 0 Å². The Bertz CT molecular complexity index is 240. The highest BCUT2D eigenvalue weighted by Gasteiger charge is 1.96. The van der Waals surface area contributed by atoms with Gasteiger partial charge in [0.1, 0.15) is 18.3 Å². The first-order chi connectivity index (χ1) is 4.74. The van der Waals surface area contributed by atoms with Crippen molar-refractivity contribution in [2.45, 2.75) is 0 Å². The van der Waals surface area contributed by atoms with Gasteiger partial charge in [-0.25, -0.2) is 4.98 Å². The van der Waals surface area contributed by atoms with Crippen LogP contribution >= 0.6 is 15.9 Å². The fourth-order valence-corrected chi connectivity index (χ4v) is 0.867. The molecule has 0 saturated heterocycles. The minimum absolute atomic E-state index is 0.400. The Morgan fingerprint density at radius 2 is 2.40 bits per heavy atom. The van der Waals surface area contributed by atoms with Crippen LogP contribution in [0.25, 0.3) is 0 Å². The second-order valence-electron chi connectivity index (χ2n) is 1.68. The predicted molar refractivity (Wildman–Crippen MR) is 44.7 cm³/mol. The van der Waals surface area contributed by atoms with E-state index in [1.165, 1.54) is 0 Å². The molecule has 0 aliphatic carbocycles. The van der Waals surface area contributed by atoms with Crippen molar-refractivity contribution in [3.05, 3.63) is 10.8 Å². The number of aromatic nitrogens is 2. The number of rotatable bonds is 1. The number of hydrogen-bond acceptors (Lipinski definition) is 3. The molecular formula is C5H5BBrN3. The summed E-state index contributed by atoms with van der Waals surface area (Å²) in [6.07, 6.45) is 1.59. The molecule has 0 unspecified atom stereocenters. The second-order valence-corrected chi connectivity index (χ2v) is 2.49. The Kier molecular flexibility index (Phi) is 2.27. The highest BCUT2D eigenvalue weighted by molar-refractivity contribution is 9.10. The molecule has 0 bridgehead atoms. The van der Waals surface area contributed by atoms with Crippen molar-refractivity contribution in [1.82, 2.24) is 9.97 Å². The molecule has 10 heavy (non-hydrogen) atoms. The van der Waals surface area contributed by atoms with Crippen molar-refractivity contribution < 1.29 is 0 Å². The molecule has 1 aromatic heterocycles. The van der Waals surface area contributed by atoms with E-state index in [4.69, 9.17) is 7.85 Å². The standard InChI is InChI=1S/C5H5BBrN3/c1-8-5-4(6)10-3(7)2-9-5/h2H,1H3,(H,8,9). The lowest BCUT2D eigenvalue weighted by molar-refractivity contribution is 1.19. The number of halogens is 1. The van der Waals surface area contributed by atoms with Crippen LogP contribution in [0.5, 0.6) is 0 Å². The van der Waals surface area contributed by atoms with Crippen LogP contribution in [0, 0.1) is 0 Å². The maximum atomic E-state index is 5.47. The van der Waals surface area contributed by atoms with E-state index >= 15 is 0 Å². The number of nitrogens with one attached hydrogen (secondary N) is 1. The molecule has 3 nitrogen and oxygen atoms in total. The molecule has 50 valence electrons. The van der Waals surface area contributed by atoms with Gasteiger partial charge in [0, 0.05) is 12.6 Å². The van der Waals surface area contributed by atoms with Crippen molar-refractivity contribution in [2.24, 2.45) is 0 Å². The molecule has 0 aliphatic heterocycles. The lowest BCUT2D eigenvalue weighted by Crippen LogP contribution is -2.15. The molecule has 0 spiro atoms. The molecule has 5 heteroatoms. The molecule has 1 N–H and O–H groups in total. The molecule has 0 saturated carbocycles. The van der Waals surface area contributed by atoms with Gasteiger partial charge in [-0.2, -0.15) is 0 Å². The highest BCUT2D eigenvalue weighted by atomic mass is 79.9. The lowest BCUT2D eigenvalue weighted by Gasteiger charge is -2.01. The van der Waals surface area contributed by atoms with E-state index in [1.54, 1.807) is 13.2 Å². The zero-order valence-corrected chi connectivity index (χ0v) is 7.01. The molecule has 2 radical (unpaired) electrons. The largest absolute Gasteiger partial charge is 0.372 e. The van der Waals surface area contributed by atoms with Crippen LogP contribution in [0.1, 0.15) is 0 Å². The Hall–Kier alpha value is -0.575. The van der Waals surface area contributed by atoms with Crippen LogP contribution in [-0.2, 0) is 0 Å². The third kappa shape index (κ3) is 1.47. The quantitative estimate of drug-likeness (QED) is 0.648. The molecule has 1 rings (SSSR count). The predicted octanol–water partition coefficient (Wildman–Crippen LogP) is 0.0746. The molecule has 0 aliphatic rings. The van der Waals surface area contributed by atoms with Crippen LogP contribution in [-0.4, -0.2) is 24.9 Å². The summed E-state index contributed by atoms with van der Waals surface area (Å²) >= 11 is 3.14. The van der Waals surface area contributed by atoms with Crippen LogP contribution in [0.4, 0.5) is 5.82 Å². The average Bonchev–Trinajstić information content (AvgIpc) is 1.88. The van der Waals surface area contributed by atoms with Gasteiger partial charge in [-0.3, -0.25) is 4.98 Å². The van der Waals surface area contributed by atoms with Gasteiger partial charge in [-0.1, -0.05) is 0 Å². The van der Waals surface area contributed by atoms with Gasteiger partial charge >= 0.3 is 0 Å². The summed E-state index contributed by atoms with van der Waals surface area (Å²) in [5.41, 5.74) is 0.400. The molecule has 0 aromatic carbocycles. The van der Waals surface area contributed by atoms with Crippen LogP contribution < -0.4 is 10.9 Å². The van der Waals surface area contributed by atoms with Gasteiger partial charge in [0.25, 0.3) is 0 Å². The Morgan fingerprint density at radius 1 is 1.70 bits per heavy atom. The molecule has 1 heterocycles. The third-order valence-electron chi connectivity index (χ3n) is 1.01. The topological polar surface area (TPSA) is 37.8 Å². The summed E-state index contributed by atoms with van der Waals surface area (Å²) in [6, 6.07) is 0. The lowest BCUT2D eigenvalue weighted by atomic mass is 10.1. The summed E-state index contributed by atoms with van der Waals surface area (Å²) in [5, 5.41) is 2.80. The zero-order valence-electron chi connectivity index (χ0n) is 5.43. The van der Waals surface area contributed by atoms with Crippen molar-refractivity contribution >= 4 is 35.2 Å². The highest BCUT2D eigenvalue weighted by Crippen LogP contribution is 2.02. The average molecular weight is 198 g/mol. The molecule has 0 atom stereocenters. The second kappa shape index (κ2) is 3.01. The Morgan fingerprint density at radius 3 is 2.90 bits per heavy atom. The van der Waals surface area contributed by atoms with Gasteiger partial charge in [-0.05, 0) is 15.9 Å². The summed E-state index contributed by atoms with van der Waals surface area (Å²) in [5.74, 6) is 0.600. The fraction of sp³-hybridized carbons (Fsp3) is 0.200. The number of anilines is 1. The number of nitrogens with zero attached hydrogens (tertiary/aromatic N) is 2. The minimum atomic E-state index is 0.400. The molecule has 1 aromatic rings. The molecular weight excluding hydrogens is 193 g/mol. The van der Waals surface area contributed by atoms with Crippen LogP contribution in [0.2, 0.25) is 0 Å². The maximum absolute atomic E-state index is 5.47. The SMILES string of the molecule is [B]c1nc(Br)cnc1NC. The number of hydrogen-bond donors (Lipinski definition) is 1. The first-order valence-electron chi connectivity index (χ1n) is 2.70. The Labute approximate surface area is 68.8 Å². The first-order valence-corrected chi connectivity index (χ1v) is 3.49. The van der Waals surface area contributed by atoms with E-state index in [1.807, 2.05) is 0 Å². The Balaban J connectivity index is 3.07. The maximum Gasteiger partial charge on any atom is 0.147 e. The van der Waals surface area contributed by atoms with Gasteiger partial charge < -0.3 is 5.32 Å². The summed E-state index contributed by atoms with van der Waals surface area (Å²) in [7, 11) is 7.21. The minimum Gasteiger partial charge on any atom is -0.372 e. The van der Waals surface area contributed by atoms with E-state index in [0.29, 0.717) is 16.0 Å².